The first-order valence-corrected chi connectivity index (χ1v) is 4.38. The molecule has 16 heavy (non-hydrogen) atoms. The minimum Gasteiger partial charge on any atom is -0.396 e. The Hall–Kier alpha value is -2.44. The van der Waals surface area contributed by atoms with Crippen LogP contribution in [0.15, 0.2) is 24.5 Å². The van der Waals surface area contributed by atoms with Gasteiger partial charge in [-0.15, -0.1) is 0 Å². The molecule has 1 amide bonds. The molecule has 2 heterocycles. The number of nitrogens with zero attached hydrogens (tertiary/aromatic N) is 2. The molecule has 7 heteroatoms. The number of H-pyrrole nitrogens is 1. The van der Waals surface area contributed by atoms with Gasteiger partial charge in [-0.3, -0.25) is 9.89 Å². The maximum absolute atomic E-state index is 12.6. The first kappa shape index (κ1) is 10.1. The third-order valence-electron chi connectivity index (χ3n) is 1.86. The quantitative estimate of drug-likeness (QED) is 0.698. The van der Waals surface area contributed by atoms with Crippen molar-refractivity contribution in [2.45, 2.75) is 0 Å². The molecule has 0 saturated heterocycles. The van der Waals surface area contributed by atoms with Gasteiger partial charge < -0.3 is 11.1 Å². The van der Waals surface area contributed by atoms with Crippen molar-refractivity contribution in [1.29, 1.82) is 0 Å². The molecule has 0 atom stereocenters. The van der Waals surface area contributed by atoms with Gasteiger partial charge in [0.15, 0.2) is 0 Å². The maximum Gasteiger partial charge on any atom is 0.276 e. The average Bonchev–Trinajstić information content (AvgIpc) is 2.68. The second-order valence-electron chi connectivity index (χ2n) is 3.02. The molecule has 2 aromatic rings. The van der Waals surface area contributed by atoms with Crippen LogP contribution in [-0.4, -0.2) is 21.1 Å². The summed E-state index contributed by atoms with van der Waals surface area (Å²) < 4.78 is 12.6. The zero-order valence-electron chi connectivity index (χ0n) is 8.07. The first-order chi connectivity index (χ1) is 7.66. The van der Waals surface area contributed by atoms with Gasteiger partial charge in [0, 0.05) is 0 Å². The summed E-state index contributed by atoms with van der Waals surface area (Å²) in [6.45, 7) is 0. The number of carbonyl (C=O) groups excluding carboxylic acids is 1. The van der Waals surface area contributed by atoms with Crippen LogP contribution >= 0.6 is 0 Å². The van der Waals surface area contributed by atoms with Crippen molar-refractivity contribution in [3.05, 3.63) is 36.0 Å². The fourth-order valence-corrected chi connectivity index (χ4v) is 1.11. The Morgan fingerprint density at radius 1 is 1.44 bits per heavy atom. The number of aromatic nitrogens is 3. The Morgan fingerprint density at radius 2 is 2.25 bits per heavy atom. The molecule has 0 aliphatic rings. The number of carbonyl (C=O) groups is 1. The SMILES string of the molecule is Nc1cn[nH]c1C(=O)Nc1ccc(F)cn1. The molecule has 2 rings (SSSR count). The largest absolute Gasteiger partial charge is 0.396 e. The number of anilines is 2. The third-order valence-corrected chi connectivity index (χ3v) is 1.86. The second kappa shape index (κ2) is 3.97. The van der Waals surface area contributed by atoms with Gasteiger partial charge in [0.05, 0.1) is 18.1 Å². The molecule has 82 valence electrons. The summed E-state index contributed by atoms with van der Waals surface area (Å²) in [5.74, 6) is -0.714. The summed E-state index contributed by atoms with van der Waals surface area (Å²) in [5, 5.41) is 8.50. The van der Waals surface area contributed by atoms with E-state index in [1.54, 1.807) is 0 Å². The lowest BCUT2D eigenvalue weighted by atomic mass is 10.3. The van der Waals surface area contributed by atoms with Crippen molar-refractivity contribution in [1.82, 2.24) is 15.2 Å². The summed E-state index contributed by atoms with van der Waals surface area (Å²) in [7, 11) is 0. The van der Waals surface area contributed by atoms with Crippen LogP contribution in [0.1, 0.15) is 10.5 Å². The van der Waals surface area contributed by atoms with Crippen LogP contribution in [0.2, 0.25) is 0 Å². The Bertz CT molecular complexity index is 507. The molecule has 0 spiro atoms. The average molecular weight is 221 g/mol. The molecule has 4 N–H and O–H groups in total. The van der Waals surface area contributed by atoms with E-state index >= 15 is 0 Å². The highest BCUT2D eigenvalue weighted by Gasteiger charge is 2.12. The van der Waals surface area contributed by atoms with Gasteiger partial charge in [0.25, 0.3) is 5.91 Å². The molecule has 0 unspecified atom stereocenters. The summed E-state index contributed by atoms with van der Waals surface area (Å²) >= 11 is 0. The number of rotatable bonds is 2. The molecular formula is C9H8FN5O. The molecule has 0 aliphatic carbocycles. The fraction of sp³-hybridized carbons (Fsp3) is 0. The highest BCUT2D eigenvalue weighted by atomic mass is 19.1. The van der Waals surface area contributed by atoms with E-state index in [4.69, 9.17) is 5.73 Å². The topological polar surface area (TPSA) is 96.7 Å². The van der Waals surface area contributed by atoms with E-state index in [0.29, 0.717) is 0 Å². The molecule has 0 bridgehead atoms. The van der Waals surface area contributed by atoms with E-state index < -0.39 is 11.7 Å². The number of halogens is 1. The second-order valence-corrected chi connectivity index (χ2v) is 3.02. The van der Waals surface area contributed by atoms with Crippen molar-refractivity contribution in [3.8, 4) is 0 Å². The Morgan fingerprint density at radius 3 is 2.81 bits per heavy atom. The third kappa shape index (κ3) is 1.97. The van der Waals surface area contributed by atoms with Crippen molar-refractivity contribution in [2.75, 3.05) is 11.1 Å². The number of pyridine rings is 1. The monoisotopic (exact) mass is 221 g/mol. The Kier molecular flexibility index (Phi) is 2.50. The van der Waals surface area contributed by atoms with Crippen LogP contribution in [0, 0.1) is 5.82 Å². The van der Waals surface area contributed by atoms with Gasteiger partial charge in [0.2, 0.25) is 0 Å². The minimum absolute atomic E-state index is 0.145. The van der Waals surface area contributed by atoms with E-state index in [-0.39, 0.29) is 17.2 Å². The van der Waals surface area contributed by atoms with Crippen LogP contribution < -0.4 is 11.1 Å². The van der Waals surface area contributed by atoms with Gasteiger partial charge in [-0.1, -0.05) is 0 Å². The predicted molar refractivity (Wildman–Crippen MR) is 55.1 cm³/mol. The summed E-state index contributed by atoms with van der Waals surface area (Å²) in [6, 6.07) is 2.54. The van der Waals surface area contributed by atoms with Gasteiger partial charge in [-0.05, 0) is 12.1 Å². The maximum atomic E-state index is 12.6. The van der Waals surface area contributed by atoms with Crippen LogP contribution in [-0.2, 0) is 0 Å². The molecule has 0 fully saturated rings. The molecule has 0 aromatic carbocycles. The molecular weight excluding hydrogens is 213 g/mol. The molecule has 2 aromatic heterocycles. The van der Waals surface area contributed by atoms with Crippen molar-refractivity contribution >= 4 is 17.4 Å². The normalized spacial score (nSPS) is 10.1. The van der Waals surface area contributed by atoms with Gasteiger partial charge in [0.1, 0.15) is 17.3 Å². The summed E-state index contributed by atoms with van der Waals surface area (Å²) in [6.07, 6.45) is 2.33. The minimum atomic E-state index is -0.478. The number of hydrogen-bond acceptors (Lipinski definition) is 4. The lowest BCUT2D eigenvalue weighted by molar-refractivity contribution is 0.102. The Labute approximate surface area is 89.7 Å². The molecule has 0 radical (unpaired) electrons. The van der Waals surface area contributed by atoms with Crippen LogP contribution in [0.3, 0.4) is 0 Å². The summed E-state index contributed by atoms with van der Waals surface area (Å²) in [5.41, 5.74) is 5.86. The summed E-state index contributed by atoms with van der Waals surface area (Å²) in [4.78, 5) is 15.3. The standard InChI is InChI=1S/C9H8FN5O/c10-5-1-2-7(12-3-5)14-9(16)8-6(11)4-13-15-8/h1-4H,11H2,(H,13,15)(H,12,14,16). The van der Waals surface area contributed by atoms with Gasteiger partial charge >= 0.3 is 0 Å². The lowest BCUT2D eigenvalue weighted by Gasteiger charge is -2.02. The molecule has 6 nitrogen and oxygen atoms in total. The van der Waals surface area contributed by atoms with Crippen LogP contribution in [0.25, 0.3) is 0 Å². The van der Waals surface area contributed by atoms with Crippen molar-refractivity contribution in [3.63, 3.8) is 0 Å². The van der Waals surface area contributed by atoms with E-state index in [1.807, 2.05) is 0 Å². The van der Waals surface area contributed by atoms with E-state index in [1.165, 1.54) is 18.3 Å². The van der Waals surface area contributed by atoms with Crippen molar-refractivity contribution < 1.29 is 9.18 Å². The van der Waals surface area contributed by atoms with E-state index in [0.717, 1.165) is 6.20 Å². The van der Waals surface area contributed by atoms with Crippen molar-refractivity contribution in [2.24, 2.45) is 0 Å². The zero-order chi connectivity index (χ0) is 11.5. The Balaban J connectivity index is 2.14. The number of nitrogens with one attached hydrogen (secondary N) is 2. The number of nitrogen functional groups attached to an aromatic ring is 1. The van der Waals surface area contributed by atoms with Crippen LogP contribution in [0.5, 0.6) is 0 Å². The first-order valence-electron chi connectivity index (χ1n) is 4.38. The smallest absolute Gasteiger partial charge is 0.276 e. The van der Waals surface area contributed by atoms with Gasteiger partial charge in [-0.2, -0.15) is 5.10 Å². The van der Waals surface area contributed by atoms with Crippen LogP contribution in [0.4, 0.5) is 15.9 Å². The van der Waals surface area contributed by atoms with Gasteiger partial charge in [-0.25, -0.2) is 9.37 Å². The van der Waals surface area contributed by atoms with E-state index in [2.05, 4.69) is 20.5 Å². The van der Waals surface area contributed by atoms with E-state index in [9.17, 15) is 9.18 Å². The highest BCUT2D eigenvalue weighted by molar-refractivity contribution is 6.05. The molecule has 0 saturated carbocycles. The number of amides is 1. The fourth-order valence-electron chi connectivity index (χ4n) is 1.11. The number of nitrogens with two attached hydrogens (primary N) is 1. The number of hydrogen-bond donors (Lipinski definition) is 3. The highest BCUT2D eigenvalue weighted by Crippen LogP contribution is 2.09. The predicted octanol–water partition coefficient (Wildman–Crippen LogP) is 0.778. The number of aromatic amines is 1. The molecule has 0 aliphatic heterocycles. The lowest BCUT2D eigenvalue weighted by Crippen LogP contribution is -2.15. The zero-order valence-corrected chi connectivity index (χ0v) is 8.07.